The smallest absolute Gasteiger partial charge is 0.176 e. The molecule has 0 aromatic heterocycles. The molecule has 0 amide bonds. The van der Waals surface area contributed by atoms with Crippen molar-refractivity contribution in [3.05, 3.63) is 34.9 Å². The number of rotatable bonds is 5. The molecule has 1 aliphatic rings. The zero-order chi connectivity index (χ0) is 15.2. The van der Waals surface area contributed by atoms with Crippen LogP contribution in [0, 0.1) is 19.8 Å². The molecule has 1 fully saturated rings. The maximum Gasteiger partial charge on any atom is 0.176 e. The summed E-state index contributed by atoms with van der Waals surface area (Å²) in [5.41, 5.74) is 3.33. The second-order valence-electron chi connectivity index (χ2n) is 6.58. The second-order valence-corrected chi connectivity index (χ2v) is 6.58. The number of carbonyl (C=O) groups excluding carboxylic acids is 1. The molecule has 2 heteroatoms. The third kappa shape index (κ3) is 4.67. The van der Waals surface area contributed by atoms with Crippen LogP contribution in [0.5, 0.6) is 0 Å². The largest absolute Gasteiger partial charge is 0.296 e. The van der Waals surface area contributed by atoms with Gasteiger partial charge < -0.3 is 0 Å². The van der Waals surface area contributed by atoms with Gasteiger partial charge in [-0.25, -0.2) is 0 Å². The van der Waals surface area contributed by atoms with Crippen LogP contribution >= 0.6 is 0 Å². The average molecular weight is 287 g/mol. The van der Waals surface area contributed by atoms with Crippen molar-refractivity contribution < 1.29 is 4.79 Å². The molecule has 21 heavy (non-hydrogen) atoms. The van der Waals surface area contributed by atoms with Gasteiger partial charge in [0.1, 0.15) is 0 Å². The van der Waals surface area contributed by atoms with E-state index in [2.05, 4.69) is 31.7 Å². The summed E-state index contributed by atoms with van der Waals surface area (Å²) in [6.45, 7) is 9.19. The van der Waals surface area contributed by atoms with Crippen molar-refractivity contribution in [3.63, 3.8) is 0 Å². The molecule has 1 aromatic rings. The molecule has 1 saturated heterocycles. The van der Waals surface area contributed by atoms with Crippen molar-refractivity contribution >= 4 is 5.78 Å². The number of benzene rings is 1. The van der Waals surface area contributed by atoms with Gasteiger partial charge in [0.05, 0.1) is 6.54 Å². The van der Waals surface area contributed by atoms with Crippen LogP contribution in [0.4, 0.5) is 0 Å². The molecular weight excluding hydrogens is 258 g/mol. The zero-order valence-electron chi connectivity index (χ0n) is 13.8. The molecule has 0 radical (unpaired) electrons. The molecule has 1 unspecified atom stereocenters. The van der Waals surface area contributed by atoms with Crippen molar-refractivity contribution in [3.8, 4) is 0 Å². The van der Waals surface area contributed by atoms with Gasteiger partial charge in [0.25, 0.3) is 0 Å². The Labute approximate surface area is 129 Å². The standard InChI is InChI=1S/C19H29NO/c1-4-6-17-7-5-11-20(12-10-17)14-19(21)18-9-8-15(2)16(3)13-18/h8-9,13,17H,4-7,10-12,14H2,1-3H3. The van der Waals surface area contributed by atoms with E-state index in [9.17, 15) is 4.79 Å². The first-order valence-corrected chi connectivity index (χ1v) is 8.43. The number of Topliss-reactive ketones (excluding diaryl/α,β-unsaturated/α-hetero) is 1. The molecular formula is C19H29NO. The number of hydrogen-bond acceptors (Lipinski definition) is 2. The highest BCUT2D eigenvalue weighted by atomic mass is 16.1. The number of nitrogens with zero attached hydrogens (tertiary/aromatic N) is 1. The maximum absolute atomic E-state index is 12.5. The number of likely N-dealkylation sites (tertiary alicyclic amines) is 1. The van der Waals surface area contributed by atoms with Crippen LogP contribution in [0.15, 0.2) is 18.2 Å². The summed E-state index contributed by atoms with van der Waals surface area (Å²) in [6, 6.07) is 6.07. The topological polar surface area (TPSA) is 20.3 Å². The number of aryl methyl sites for hydroxylation is 2. The Morgan fingerprint density at radius 3 is 2.71 bits per heavy atom. The minimum absolute atomic E-state index is 0.270. The lowest BCUT2D eigenvalue weighted by Gasteiger charge is -2.19. The average Bonchev–Trinajstić information content (AvgIpc) is 2.68. The maximum atomic E-state index is 12.5. The van der Waals surface area contributed by atoms with Crippen LogP contribution in [0.2, 0.25) is 0 Å². The molecule has 1 aliphatic heterocycles. The minimum atomic E-state index is 0.270. The fourth-order valence-electron chi connectivity index (χ4n) is 3.29. The highest BCUT2D eigenvalue weighted by Crippen LogP contribution is 2.22. The molecule has 1 heterocycles. The van der Waals surface area contributed by atoms with Crippen LogP contribution in [-0.4, -0.2) is 30.3 Å². The number of hydrogen-bond donors (Lipinski definition) is 0. The summed E-state index contributed by atoms with van der Waals surface area (Å²) in [4.78, 5) is 14.8. The van der Waals surface area contributed by atoms with Gasteiger partial charge in [0, 0.05) is 5.56 Å². The first kappa shape index (κ1) is 16.2. The Kier molecular flexibility index (Phi) is 5.98. The van der Waals surface area contributed by atoms with Gasteiger partial charge in [-0.1, -0.05) is 31.9 Å². The summed E-state index contributed by atoms with van der Waals surface area (Å²) in [7, 11) is 0. The van der Waals surface area contributed by atoms with E-state index in [4.69, 9.17) is 0 Å². The molecule has 1 aromatic carbocycles. The van der Waals surface area contributed by atoms with Crippen LogP contribution < -0.4 is 0 Å². The number of carbonyl (C=O) groups is 1. The van der Waals surface area contributed by atoms with E-state index < -0.39 is 0 Å². The van der Waals surface area contributed by atoms with Crippen molar-refractivity contribution in [1.82, 2.24) is 4.90 Å². The summed E-state index contributed by atoms with van der Waals surface area (Å²) in [5.74, 6) is 1.14. The molecule has 2 nitrogen and oxygen atoms in total. The molecule has 0 aliphatic carbocycles. The van der Waals surface area contributed by atoms with Crippen LogP contribution in [-0.2, 0) is 0 Å². The predicted octanol–water partition coefficient (Wildman–Crippen LogP) is 4.39. The Bertz CT molecular complexity index is 480. The highest BCUT2D eigenvalue weighted by Gasteiger charge is 2.19. The molecule has 116 valence electrons. The molecule has 0 saturated carbocycles. The van der Waals surface area contributed by atoms with Crippen molar-refractivity contribution in [2.75, 3.05) is 19.6 Å². The van der Waals surface area contributed by atoms with E-state index in [0.29, 0.717) is 6.54 Å². The second kappa shape index (κ2) is 7.74. The van der Waals surface area contributed by atoms with Gasteiger partial charge in [-0.2, -0.15) is 0 Å². The van der Waals surface area contributed by atoms with Crippen molar-refractivity contribution in [2.24, 2.45) is 5.92 Å². The summed E-state index contributed by atoms with van der Waals surface area (Å²) < 4.78 is 0. The van der Waals surface area contributed by atoms with Gasteiger partial charge in [-0.05, 0) is 69.3 Å². The first-order chi connectivity index (χ1) is 10.1. The third-order valence-corrected chi connectivity index (χ3v) is 4.83. The quantitative estimate of drug-likeness (QED) is 0.749. The first-order valence-electron chi connectivity index (χ1n) is 8.43. The Morgan fingerprint density at radius 2 is 2.00 bits per heavy atom. The molecule has 0 bridgehead atoms. The van der Waals surface area contributed by atoms with Crippen LogP contribution in [0.25, 0.3) is 0 Å². The highest BCUT2D eigenvalue weighted by molar-refractivity contribution is 5.97. The fraction of sp³-hybridized carbons (Fsp3) is 0.632. The number of ketones is 1. The lowest BCUT2D eigenvalue weighted by atomic mass is 9.96. The minimum Gasteiger partial charge on any atom is -0.296 e. The molecule has 2 rings (SSSR count). The lowest BCUT2D eigenvalue weighted by Crippen LogP contribution is -2.31. The normalized spacial score (nSPS) is 20.2. The summed E-state index contributed by atoms with van der Waals surface area (Å²) >= 11 is 0. The van der Waals surface area contributed by atoms with Crippen molar-refractivity contribution in [2.45, 2.75) is 52.9 Å². The van der Waals surface area contributed by atoms with E-state index in [1.165, 1.54) is 43.2 Å². The van der Waals surface area contributed by atoms with Crippen LogP contribution in [0.3, 0.4) is 0 Å². The Hall–Kier alpha value is -1.15. The van der Waals surface area contributed by atoms with E-state index >= 15 is 0 Å². The van der Waals surface area contributed by atoms with Gasteiger partial charge >= 0.3 is 0 Å². The van der Waals surface area contributed by atoms with Crippen LogP contribution in [0.1, 0.15) is 60.5 Å². The summed E-state index contributed by atoms with van der Waals surface area (Å²) in [5, 5.41) is 0. The molecule has 0 spiro atoms. The van der Waals surface area contributed by atoms with Gasteiger partial charge in [-0.15, -0.1) is 0 Å². The zero-order valence-corrected chi connectivity index (χ0v) is 13.8. The fourth-order valence-corrected chi connectivity index (χ4v) is 3.29. The monoisotopic (exact) mass is 287 g/mol. The SMILES string of the molecule is CCCC1CCCN(CC(=O)c2ccc(C)c(C)c2)CC1. The van der Waals surface area contributed by atoms with Crippen molar-refractivity contribution in [1.29, 1.82) is 0 Å². The van der Waals surface area contributed by atoms with E-state index in [1.54, 1.807) is 0 Å². The van der Waals surface area contributed by atoms with Gasteiger partial charge in [0.15, 0.2) is 5.78 Å². The van der Waals surface area contributed by atoms with E-state index in [-0.39, 0.29) is 5.78 Å². The lowest BCUT2D eigenvalue weighted by molar-refractivity contribution is 0.0932. The predicted molar refractivity (Wildman–Crippen MR) is 88.9 cm³/mol. The van der Waals surface area contributed by atoms with E-state index in [1.807, 2.05) is 12.1 Å². The molecule has 1 atom stereocenters. The summed E-state index contributed by atoms with van der Waals surface area (Å²) in [6.07, 6.45) is 6.46. The molecule has 0 N–H and O–H groups in total. The Morgan fingerprint density at radius 1 is 1.19 bits per heavy atom. The van der Waals surface area contributed by atoms with Gasteiger partial charge in [0.2, 0.25) is 0 Å². The van der Waals surface area contributed by atoms with E-state index in [0.717, 1.165) is 24.6 Å². The Balaban J connectivity index is 1.91. The third-order valence-electron chi connectivity index (χ3n) is 4.83. The van der Waals surface area contributed by atoms with Gasteiger partial charge in [-0.3, -0.25) is 9.69 Å².